The van der Waals surface area contributed by atoms with Gasteiger partial charge in [-0.2, -0.15) is 0 Å². The maximum atomic E-state index is 12.6. The molecule has 14 heteroatoms. The summed E-state index contributed by atoms with van der Waals surface area (Å²) in [5.41, 5.74) is -1.50. The van der Waals surface area contributed by atoms with Crippen LogP contribution < -0.4 is 10.6 Å². The summed E-state index contributed by atoms with van der Waals surface area (Å²) in [4.78, 5) is 81.9. The van der Waals surface area contributed by atoms with Crippen molar-refractivity contribution in [1.82, 2.24) is 10.6 Å². The fourth-order valence-electron chi connectivity index (χ4n) is 2.02. The Morgan fingerprint density at radius 3 is 1.46 bits per heavy atom. The fraction of sp³-hybridized carbons (Fsp3) is 0.522. The monoisotopic (exact) mass is 528 g/mol. The number of alkyl carbamates (subject to hydrolysis) is 2. The first-order chi connectivity index (χ1) is 17.2. The molecule has 0 spiro atoms. The van der Waals surface area contributed by atoms with Gasteiger partial charge in [-0.1, -0.05) is 13.2 Å². The number of ketones is 1. The number of esters is 4. The van der Waals surface area contributed by atoms with E-state index in [-0.39, 0.29) is 37.4 Å². The van der Waals surface area contributed by atoms with Gasteiger partial charge in [0.2, 0.25) is 0 Å². The third-order valence-corrected chi connectivity index (χ3v) is 4.04. The zero-order valence-corrected chi connectivity index (χ0v) is 21.3. The summed E-state index contributed by atoms with van der Waals surface area (Å²) in [5, 5.41) is 4.54. The first-order valence-electron chi connectivity index (χ1n) is 10.9. The second-order valence-corrected chi connectivity index (χ2v) is 8.04. The Balaban J connectivity index is 4.94. The van der Waals surface area contributed by atoms with E-state index in [4.69, 9.17) is 18.9 Å². The summed E-state index contributed by atoms with van der Waals surface area (Å²) >= 11 is 0. The average molecular weight is 529 g/mol. The lowest BCUT2D eigenvalue weighted by molar-refractivity contribution is -0.170. The van der Waals surface area contributed by atoms with Crippen molar-refractivity contribution in [2.45, 2.75) is 34.1 Å². The van der Waals surface area contributed by atoms with E-state index >= 15 is 0 Å². The number of carbonyl (C=O) groups excluding carboxylic acids is 7. The highest BCUT2D eigenvalue weighted by atomic mass is 16.6. The van der Waals surface area contributed by atoms with Crippen LogP contribution in [0.2, 0.25) is 0 Å². The summed E-state index contributed by atoms with van der Waals surface area (Å²) in [7, 11) is 0. The molecule has 0 unspecified atom stereocenters. The molecule has 2 N–H and O–H groups in total. The molecule has 0 aromatic heterocycles. The average Bonchev–Trinajstić information content (AvgIpc) is 2.80. The van der Waals surface area contributed by atoms with Gasteiger partial charge >= 0.3 is 36.1 Å². The highest BCUT2D eigenvalue weighted by Gasteiger charge is 2.40. The Labute approximate surface area is 213 Å². The molecule has 0 saturated carbocycles. The van der Waals surface area contributed by atoms with E-state index in [0.717, 1.165) is 6.92 Å². The minimum absolute atomic E-state index is 0.120. The number of hydrogen-bond donors (Lipinski definition) is 2. The van der Waals surface area contributed by atoms with Crippen molar-refractivity contribution < 1.29 is 57.2 Å². The number of rotatable bonds is 15. The number of amides is 2. The van der Waals surface area contributed by atoms with Gasteiger partial charge in [-0.15, -0.1) is 0 Å². The maximum absolute atomic E-state index is 12.6. The molecule has 0 radical (unpaired) electrons. The van der Waals surface area contributed by atoms with Gasteiger partial charge in [0.15, 0.2) is 0 Å². The van der Waals surface area contributed by atoms with E-state index in [1.54, 1.807) is 0 Å². The molecule has 0 aromatic rings. The molecule has 2 amide bonds. The Kier molecular flexibility index (Phi) is 14.6. The molecule has 0 bridgehead atoms. The van der Waals surface area contributed by atoms with Crippen LogP contribution in [-0.2, 0) is 47.7 Å². The van der Waals surface area contributed by atoms with Crippen molar-refractivity contribution in [2.75, 3.05) is 39.5 Å². The van der Waals surface area contributed by atoms with Gasteiger partial charge < -0.3 is 34.3 Å². The third-order valence-electron chi connectivity index (χ3n) is 4.04. The molecule has 0 rings (SSSR count). The standard InChI is InChI=1S/C23H32N2O12/c1-14(2)18(28)33-9-7-24-21(31)35-12-23(6,20(30)37-17(27)11-16(5)26)13-36-22(32)25-8-10-34-19(29)15(3)4/h1,3,7-13H2,2,4-6H3,(H,24,31)(H,25,32). The summed E-state index contributed by atoms with van der Waals surface area (Å²) in [5.74, 6) is -4.21. The second kappa shape index (κ2) is 16.4. The van der Waals surface area contributed by atoms with Gasteiger partial charge in [-0.25, -0.2) is 19.2 Å². The molecule has 0 atom stereocenters. The van der Waals surface area contributed by atoms with Crippen molar-refractivity contribution in [3.05, 3.63) is 24.3 Å². The van der Waals surface area contributed by atoms with Crippen molar-refractivity contribution in [1.29, 1.82) is 0 Å². The van der Waals surface area contributed by atoms with Crippen LogP contribution >= 0.6 is 0 Å². The van der Waals surface area contributed by atoms with Gasteiger partial charge in [0.1, 0.15) is 44.0 Å². The third kappa shape index (κ3) is 14.7. The Morgan fingerprint density at radius 2 is 1.11 bits per heavy atom. The first-order valence-corrected chi connectivity index (χ1v) is 10.9. The Morgan fingerprint density at radius 1 is 0.703 bits per heavy atom. The van der Waals surface area contributed by atoms with Crippen LogP contribution in [0.3, 0.4) is 0 Å². The molecule has 206 valence electrons. The largest absolute Gasteiger partial charge is 0.460 e. The van der Waals surface area contributed by atoms with Gasteiger partial charge in [-0.3, -0.25) is 14.4 Å². The number of hydrogen-bond acceptors (Lipinski definition) is 12. The number of nitrogens with one attached hydrogen (secondary N) is 2. The summed E-state index contributed by atoms with van der Waals surface area (Å²) in [6.45, 7) is 10.0. The van der Waals surface area contributed by atoms with E-state index < -0.39 is 66.9 Å². The van der Waals surface area contributed by atoms with Gasteiger partial charge in [0.05, 0.1) is 13.1 Å². The zero-order chi connectivity index (χ0) is 28.6. The minimum Gasteiger partial charge on any atom is -0.460 e. The molecule has 0 aliphatic rings. The van der Waals surface area contributed by atoms with E-state index in [2.05, 4.69) is 28.5 Å². The Bertz CT molecular complexity index is 875. The lowest BCUT2D eigenvalue weighted by Crippen LogP contribution is -2.43. The van der Waals surface area contributed by atoms with Crippen molar-refractivity contribution in [2.24, 2.45) is 5.41 Å². The molecular formula is C23H32N2O12. The van der Waals surface area contributed by atoms with Crippen LogP contribution in [0.25, 0.3) is 0 Å². The summed E-state index contributed by atoms with van der Waals surface area (Å²) in [6.07, 6.45) is -2.69. The van der Waals surface area contributed by atoms with Crippen LogP contribution in [0.5, 0.6) is 0 Å². The topological polar surface area (TPSA) is 190 Å². The van der Waals surface area contributed by atoms with Crippen LogP contribution in [-0.4, -0.2) is 81.4 Å². The smallest absolute Gasteiger partial charge is 0.407 e. The van der Waals surface area contributed by atoms with Crippen molar-refractivity contribution >= 4 is 41.8 Å². The molecule has 0 fully saturated rings. The van der Waals surface area contributed by atoms with Crippen LogP contribution in [0, 0.1) is 5.41 Å². The van der Waals surface area contributed by atoms with E-state index in [1.807, 2.05) is 0 Å². The van der Waals surface area contributed by atoms with Crippen LogP contribution in [0.15, 0.2) is 24.3 Å². The number of ether oxygens (including phenoxy) is 5. The molecule has 0 saturated heterocycles. The molecule has 0 aliphatic heterocycles. The highest BCUT2D eigenvalue weighted by molar-refractivity contribution is 5.99. The van der Waals surface area contributed by atoms with E-state index in [0.29, 0.717) is 0 Å². The van der Waals surface area contributed by atoms with Crippen molar-refractivity contribution in [3.63, 3.8) is 0 Å². The lowest BCUT2D eigenvalue weighted by atomic mass is 9.93. The predicted molar refractivity (Wildman–Crippen MR) is 125 cm³/mol. The van der Waals surface area contributed by atoms with Gasteiger partial charge in [0.25, 0.3) is 0 Å². The van der Waals surface area contributed by atoms with Gasteiger partial charge in [-0.05, 0) is 27.7 Å². The molecule has 0 aliphatic carbocycles. The fourth-order valence-corrected chi connectivity index (χ4v) is 2.02. The minimum atomic E-state index is -1.85. The van der Waals surface area contributed by atoms with Crippen LogP contribution in [0.4, 0.5) is 9.59 Å². The SMILES string of the molecule is C=C(C)C(=O)OCCNC(=O)OCC(C)(COC(=O)NCCOC(=O)C(=C)C)C(=O)OC(=O)CC(C)=O. The predicted octanol–water partition coefficient (Wildman–Crippen LogP) is 0.733. The molecule has 14 nitrogen and oxygen atoms in total. The summed E-state index contributed by atoms with van der Waals surface area (Å²) < 4.78 is 24.2. The molecule has 0 heterocycles. The number of carbonyl (C=O) groups is 7. The first kappa shape index (κ1) is 32.8. The molecule has 0 aromatic carbocycles. The quantitative estimate of drug-likeness (QED) is 0.0998. The zero-order valence-electron chi connectivity index (χ0n) is 21.3. The summed E-state index contributed by atoms with van der Waals surface area (Å²) in [6, 6.07) is 0. The van der Waals surface area contributed by atoms with Crippen LogP contribution in [0.1, 0.15) is 34.1 Å². The highest BCUT2D eigenvalue weighted by Crippen LogP contribution is 2.21. The van der Waals surface area contributed by atoms with E-state index in [9.17, 15) is 33.6 Å². The Hall–Kier alpha value is -4.23. The number of Topliss-reactive ketones (excluding diaryl/α,β-unsaturated/α-hetero) is 1. The molecular weight excluding hydrogens is 496 g/mol. The van der Waals surface area contributed by atoms with Crippen molar-refractivity contribution in [3.8, 4) is 0 Å². The maximum Gasteiger partial charge on any atom is 0.407 e. The normalized spacial score (nSPS) is 10.3. The van der Waals surface area contributed by atoms with E-state index in [1.165, 1.54) is 20.8 Å². The lowest BCUT2D eigenvalue weighted by Gasteiger charge is -2.25. The van der Waals surface area contributed by atoms with Gasteiger partial charge in [0, 0.05) is 11.1 Å². The second-order valence-electron chi connectivity index (χ2n) is 8.04. The molecule has 37 heavy (non-hydrogen) atoms.